The molecule has 4 rings (SSSR count). The van der Waals surface area contributed by atoms with Gasteiger partial charge in [-0.15, -0.1) is 0 Å². The molecule has 0 atom stereocenters. The van der Waals surface area contributed by atoms with E-state index in [2.05, 4.69) is 20.3 Å². The number of sulfone groups is 1. The zero-order valence-corrected chi connectivity index (χ0v) is 16.4. The molecule has 2 aromatic heterocycles. The van der Waals surface area contributed by atoms with Crippen LogP contribution < -0.4 is 11.1 Å². The fourth-order valence-electron chi connectivity index (χ4n) is 3.47. The van der Waals surface area contributed by atoms with Crippen LogP contribution in [0.1, 0.15) is 12.8 Å². The van der Waals surface area contributed by atoms with Gasteiger partial charge in [-0.1, -0.05) is 6.07 Å². The molecule has 1 fully saturated rings. The monoisotopic (exact) mass is 413 g/mol. The lowest BCUT2D eigenvalue weighted by Crippen LogP contribution is -2.36. The molecule has 0 amide bonds. The van der Waals surface area contributed by atoms with Crippen LogP contribution in [0.25, 0.3) is 22.4 Å². The molecule has 9 heteroatoms. The van der Waals surface area contributed by atoms with Gasteiger partial charge < -0.3 is 11.1 Å². The predicted octanol–water partition coefficient (Wildman–Crippen LogP) is 2.45. The maximum Gasteiger partial charge on any atom is 0.199 e. The van der Waals surface area contributed by atoms with Crippen LogP contribution in [0.3, 0.4) is 0 Å². The first-order valence-electron chi connectivity index (χ1n) is 9.24. The Hall–Kier alpha value is -2.91. The van der Waals surface area contributed by atoms with Gasteiger partial charge >= 0.3 is 0 Å². The van der Waals surface area contributed by atoms with Gasteiger partial charge in [0, 0.05) is 17.3 Å². The summed E-state index contributed by atoms with van der Waals surface area (Å²) in [4.78, 5) is 12.2. The lowest BCUT2D eigenvalue weighted by molar-refractivity contribution is 0.495. The van der Waals surface area contributed by atoms with E-state index in [9.17, 15) is 12.8 Å². The predicted molar refractivity (Wildman–Crippen MR) is 108 cm³/mol. The molecule has 0 radical (unpaired) electrons. The lowest BCUT2D eigenvalue weighted by atomic mass is 10.0. The summed E-state index contributed by atoms with van der Waals surface area (Å²) in [5.41, 5.74) is 6.96. The molecule has 1 aliphatic heterocycles. The minimum Gasteiger partial charge on any atom is -0.382 e. The van der Waals surface area contributed by atoms with Gasteiger partial charge in [-0.25, -0.2) is 22.8 Å². The van der Waals surface area contributed by atoms with Gasteiger partial charge in [-0.2, -0.15) is 0 Å². The SMILES string of the molecule is Nc1cnc(-c2ccc(-c3cccnc3S(=O)(=O)C3CCNCC3)cc2F)cn1. The second-order valence-electron chi connectivity index (χ2n) is 6.87. The summed E-state index contributed by atoms with van der Waals surface area (Å²) in [6.45, 7) is 1.30. The van der Waals surface area contributed by atoms with E-state index >= 15 is 0 Å². The number of piperidine rings is 1. The Morgan fingerprint density at radius 2 is 1.83 bits per heavy atom. The molecule has 1 saturated heterocycles. The van der Waals surface area contributed by atoms with Crippen LogP contribution in [0, 0.1) is 5.82 Å². The Kier molecular flexibility index (Phi) is 5.25. The lowest BCUT2D eigenvalue weighted by Gasteiger charge is -2.23. The maximum atomic E-state index is 14.8. The van der Waals surface area contributed by atoms with E-state index in [4.69, 9.17) is 5.73 Å². The number of anilines is 1. The van der Waals surface area contributed by atoms with Gasteiger partial charge in [-0.3, -0.25) is 4.98 Å². The third kappa shape index (κ3) is 3.83. The Morgan fingerprint density at radius 3 is 2.52 bits per heavy atom. The van der Waals surface area contributed by atoms with E-state index in [1.165, 1.54) is 24.7 Å². The number of nitrogens with two attached hydrogens (primary N) is 1. The molecule has 150 valence electrons. The van der Waals surface area contributed by atoms with Gasteiger partial charge in [-0.05, 0) is 55.8 Å². The molecule has 1 aliphatic rings. The molecule has 0 unspecified atom stereocenters. The average Bonchev–Trinajstić information content (AvgIpc) is 2.75. The first-order chi connectivity index (χ1) is 14.0. The van der Waals surface area contributed by atoms with Crippen molar-refractivity contribution in [2.75, 3.05) is 18.8 Å². The molecular weight excluding hydrogens is 393 g/mol. The molecule has 3 heterocycles. The minimum atomic E-state index is -3.63. The van der Waals surface area contributed by atoms with Crippen molar-refractivity contribution in [2.45, 2.75) is 23.1 Å². The third-order valence-electron chi connectivity index (χ3n) is 4.99. The van der Waals surface area contributed by atoms with Crippen LogP contribution in [-0.4, -0.2) is 41.7 Å². The first-order valence-corrected chi connectivity index (χ1v) is 10.8. The van der Waals surface area contributed by atoms with Crippen LogP contribution in [0.2, 0.25) is 0 Å². The summed E-state index contributed by atoms with van der Waals surface area (Å²) in [6.07, 6.45) is 5.26. The van der Waals surface area contributed by atoms with Crippen LogP contribution >= 0.6 is 0 Å². The normalized spacial score (nSPS) is 15.3. The van der Waals surface area contributed by atoms with E-state index in [0.717, 1.165) is 0 Å². The number of nitrogens with zero attached hydrogens (tertiary/aromatic N) is 3. The molecule has 3 aromatic rings. The van der Waals surface area contributed by atoms with Gasteiger partial charge in [0.2, 0.25) is 0 Å². The summed E-state index contributed by atoms with van der Waals surface area (Å²) >= 11 is 0. The first kappa shape index (κ1) is 19.4. The molecule has 3 N–H and O–H groups in total. The number of rotatable bonds is 4. The smallest absolute Gasteiger partial charge is 0.199 e. The largest absolute Gasteiger partial charge is 0.382 e. The van der Waals surface area contributed by atoms with Crippen molar-refractivity contribution >= 4 is 15.7 Å². The second kappa shape index (κ2) is 7.84. The van der Waals surface area contributed by atoms with Gasteiger partial charge in [0.1, 0.15) is 11.6 Å². The highest BCUT2D eigenvalue weighted by Crippen LogP contribution is 2.32. The standard InChI is InChI=1S/C20H20FN5O2S/c21-17-10-13(3-4-16(17)18-11-26-19(22)12-25-18)15-2-1-7-24-20(15)29(27,28)14-5-8-23-9-6-14/h1-4,7,10-12,14,23H,5-6,8-9H2,(H2,22,26). The van der Waals surface area contributed by atoms with Crippen molar-refractivity contribution in [1.29, 1.82) is 0 Å². The van der Waals surface area contributed by atoms with Crippen molar-refractivity contribution in [3.63, 3.8) is 0 Å². The summed E-state index contributed by atoms with van der Waals surface area (Å²) < 4.78 is 41.2. The quantitative estimate of drug-likeness (QED) is 0.676. The number of pyridine rings is 1. The molecule has 0 bridgehead atoms. The highest BCUT2D eigenvalue weighted by atomic mass is 32.2. The molecule has 7 nitrogen and oxygen atoms in total. The Balaban J connectivity index is 1.74. The van der Waals surface area contributed by atoms with Gasteiger partial charge in [0.25, 0.3) is 0 Å². The zero-order chi connectivity index (χ0) is 20.4. The highest BCUT2D eigenvalue weighted by molar-refractivity contribution is 7.92. The van der Waals surface area contributed by atoms with Crippen molar-refractivity contribution in [1.82, 2.24) is 20.3 Å². The third-order valence-corrected chi connectivity index (χ3v) is 7.21. The summed E-state index contributed by atoms with van der Waals surface area (Å²) in [5, 5.41) is 2.66. The Bertz CT molecular complexity index is 1130. The van der Waals surface area contributed by atoms with E-state index in [1.54, 1.807) is 24.3 Å². The Morgan fingerprint density at radius 1 is 1.03 bits per heavy atom. The van der Waals surface area contributed by atoms with Gasteiger partial charge in [0.15, 0.2) is 14.9 Å². The van der Waals surface area contributed by atoms with E-state index in [1.807, 2.05) is 0 Å². The average molecular weight is 413 g/mol. The molecule has 29 heavy (non-hydrogen) atoms. The molecule has 0 spiro atoms. The number of benzene rings is 1. The van der Waals surface area contributed by atoms with Crippen LogP contribution in [-0.2, 0) is 9.84 Å². The minimum absolute atomic E-state index is 0.00803. The summed E-state index contributed by atoms with van der Waals surface area (Å²) in [5.74, 6) is -0.287. The topological polar surface area (TPSA) is 111 Å². The number of nitrogens with one attached hydrogen (secondary N) is 1. The van der Waals surface area contributed by atoms with Crippen molar-refractivity contribution in [2.24, 2.45) is 0 Å². The van der Waals surface area contributed by atoms with Crippen molar-refractivity contribution in [3.8, 4) is 22.4 Å². The molecular formula is C20H20FN5O2S. The van der Waals surface area contributed by atoms with Crippen LogP contribution in [0.5, 0.6) is 0 Å². The number of aromatic nitrogens is 3. The van der Waals surface area contributed by atoms with E-state index < -0.39 is 20.9 Å². The summed E-state index contributed by atoms with van der Waals surface area (Å²) in [7, 11) is -3.63. The van der Waals surface area contributed by atoms with Crippen molar-refractivity contribution < 1.29 is 12.8 Å². The second-order valence-corrected chi connectivity index (χ2v) is 9.01. The fourth-order valence-corrected chi connectivity index (χ4v) is 5.34. The molecule has 1 aromatic carbocycles. The van der Waals surface area contributed by atoms with E-state index in [-0.39, 0.29) is 16.4 Å². The maximum absolute atomic E-state index is 14.8. The van der Waals surface area contributed by atoms with E-state index in [0.29, 0.717) is 42.8 Å². The summed E-state index contributed by atoms with van der Waals surface area (Å²) in [6, 6.07) is 7.81. The number of hydrogen-bond acceptors (Lipinski definition) is 7. The van der Waals surface area contributed by atoms with Crippen molar-refractivity contribution in [3.05, 3.63) is 54.7 Å². The molecule has 0 aliphatic carbocycles. The zero-order valence-electron chi connectivity index (χ0n) is 15.5. The Labute approximate surface area is 168 Å². The molecule has 0 saturated carbocycles. The van der Waals surface area contributed by atoms with Crippen LogP contribution in [0.4, 0.5) is 10.2 Å². The number of hydrogen-bond donors (Lipinski definition) is 2. The van der Waals surface area contributed by atoms with Crippen LogP contribution in [0.15, 0.2) is 53.9 Å². The number of halogens is 1. The highest BCUT2D eigenvalue weighted by Gasteiger charge is 2.32. The fraction of sp³-hybridized carbons (Fsp3) is 0.250. The number of nitrogen functional groups attached to an aromatic ring is 1. The van der Waals surface area contributed by atoms with Gasteiger partial charge in [0.05, 0.1) is 23.3 Å².